The van der Waals surface area contributed by atoms with Crippen LogP contribution in [0, 0.1) is 0 Å². The van der Waals surface area contributed by atoms with Crippen LogP contribution in [0.3, 0.4) is 0 Å². The third-order valence-corrected chi connectivity index (χ3v) is 3.87. The first-order valence-electron chi connectivity index (χ1n) is 6.18. The molecule has 0 spiro atoms. The topological polar surface area (TPSA) is 50.4 Å². The molecule has 0 radical (unpaired) electrons. The highest BCUT2D eigenvalue weighted by molar-refractivity contribution is 14.0. The number of hydrogen-bond acceptors (Lipinski definition) is 2. The molecule has 1 saturated carbocycles. The van der Waals surface area contributed by atoms with Gasteiger partial charge in [0.1, 0.15) is 0 Å². The summed E-state index contributed by atoms with van der Waals surface area (Å²) >= 11 is 1.93. The number of nitrogens with zero attached hydrogens (tertiary/aromatic N) is 1. The monoisotopic (exact) mass is 371 g/mol. The van der Waals surface area contributed by atoms with Crippen molar-refractivity contribution >= 4 is 41.7 Å². The number of nitrogens with two attached hydrogens (primary N) is 1. The van der Waals surface area contributed by atoms with E-state index in [0.29, 0.717) is 16.7 Å². The molecule has 0 aliphatic heterocycles. The minimum absolute atomic E-state index is 0. The van der Waals surface area contributed by atoms with Crippen LogP contribution in [0.5, 0.6) is 0 Å². The van der Waals surface area contributed by atoms with E-state index in [-0.39, 0.29) is 24.0 Å². The Kier molecular flexibility index (Phi) is 8.63. The average Bonchev–Trinajstić information content (AvgIpc) is 2.63. The summed E-state index contributed by atoms with van der Waals surface area (Å²) in [5.74, 6) is 1.66. The fourth-order valence-electron chi connectivity index (χ4n) is 1.84. The van der Waals surface area contributed by atoms with Gasteiger partial charge in [0.15, 0.2) is 5.96 Å². The van der Waals surface area contributed by atoms with Gasteiger partial charge in [0.05, 0.1) is 6.54 Å². The minimum atomic E-state index is 0. The van der Waals surface area contributed by atoms with Gasteiger partial charge in [0.25, 0.3) is 0 Å². The first kappa shape index (κ1) is 17.4. The van der Waals surface area contributed by atoms with Gasteiger partial charge in [-0.3, -0.25) is 4.99 Å². The van der Waals surface area contributed by atoms with Gasteiger partial charge in [-0.15, -0.1) is 24.0 Å². The Bertz CT molecular complexity index is 232. The van der Waals surface area contributed by atoms with Crippen LogP contribution < -0.4 is 11.1 Å². The van der Waals surface area contributed by atoms with Gasteiger partial charge >= 0.3 is 0 Å². The second-order valence-corrected chi connectivity index (χ2v) is 7.28. The predicted octanol–water partition coefficient (Wildman–Crippen LogP) is 2.98. The van der Waals surface area contributed by atoms with Crippen molar-refractivity contribution in [3.05, 3.63) is 0 Å². The van der Waals surface area contributed by atoms with Crippen molar-refractivity contribution in [3.8, 4) is 0 Å². The van der Waals surface area contributed by atoms with E-state index in [1.165, 1.54) is 25.7 Å². The molecule has 3 N–H and O–H groups in total. The van der Waals surface area contributed by atoms with Crippen molar-refractivity contribution in [1.82, 2.24) is 5.32 Å². The van der Waals surface area contributed by atoms with Gasteiger partial charge < -0.3 is 11.1 Å². The molecular weight excluding hydrogens is 345 g/mol. The molecule has 1 fully saturated rings. The summed E-state index contributed by atoms with van der Waals surface area (Å²) in [4.78, 5) is 4.35. The van der Waals surface area contributed by atoms with Crippen molar-refractivity contribution in [2.45, 2.75) is 57.2 Å². The highest BCUT2D eigenvalue weighted by Crippen LogP contribution is 2.22. The zero-order valence-electron chi connectivity index (χ0n) is 11.2. The molecule has 0 saturated heterocycles. The number of halogens is 1. The SMILES string of the molecule is CC(C)(C)SCCN=C(N)NC1CCCC1.I. The lowest BCUT2D eigenvalue weighted by atomic mass is 10.2. The molecule has 0 aromatic heterocycles. The molecule has 0 amide bonds. The van der Waals surface area contributed by atoms with Crippen LogP contribution in [0.4, 0.5) is 0 Å². The molecule has 1 aliphatic rings. The second-order valence-electron chi connectivity index (χ2n) is 5.35. The van der Waals surface area contributed by atoms with Gasteiger partial charge in [0, 0.05) is 16.5 Å². The largest absolute Gasteiger partial charge is 0.370 e. The Morgan fingerprint density at radius 3 is 2.47 bits per heavy atom. The van der Waals surface area contributed by atoms with E-state index in [9.17, 15) is 0 Å². The maximum Gasteiger partial charge on any atom is 0.188 e. The molecule has 0 aromatic rings. The molecule has 0 unspecified atom stereocenters. The normalized spacial score (nSPS) is 17.9. The van der Waals surface area contributed by atoms with Crippen molar-refractivity contribution in [3.63, 3.8) is 0 Å². The number of thioether (sulfide) groups is 1. The third kappa shape index (κ3) is 8.99. The molecule has 0 heterocycles. The zero-order valence-corrected chi connectivity index (χ0v) is 14.3. The number of guanidine groups is 1. The van der Waals surface area contributed by atoms with Crippen LogP contribution in [0.2, 0.25) is 0 Å². The van der Waals surface area contributed by atoms with Gasteiger partial charge in [-0.1, -0.05) is 33.6 Å². The fourth-order valence-corrected chi connectivity index (χ4v) is 2.64. The average molecular weight is 371 g/mol. The van der Waals surface area contributed by atoms with Crippen LogP contribution in [0.15, 0.2) is 4.99 Å². The van der Waals surface area contributed by atoms with Crippen LogP contribution in [-0.4, -0.2) is 29.0 Å². The number of aliphatic imine (C=N–C) groups is 1. The fraction of sp³-hybridized carbons (Fsp3) is 0.917. The molecule has 0 aromatic carbocycles. The maximum atomic E-state index is 5.83. The Balaban J connectivity index is 0.00000256. The van der Waals surface area contributed by atoms with Crippen molar-refractivity contribution < 1.29 is 0 Å². The van der Waals surface area contributed by atoms with E-state index in [1.807, 2.05) is 11.8 Å². The molecule has 17 heavy (non-hydrogen) atoms. The number of nitrogens with one attached hydrogen (secondary N) is 1. The van der Waals surface area contributed by atoms with E-state index in [2.05, 4.69) is 31.1 Å². The van der Waals surface area contributed by atoms with E-state index >= 15 is 0 Å². The van der Waals surface area contributed by atoms with Crippen LogP contribution in [-0.2, 0) is 0 Å². The van der Waals surface area contributed by atoms with Crippen molar-refractivity contribution in [2.24, 2.45) is 10.7 Å². The smallest absolute Gasteiger partial charge is 0.188 e. The lowest BCUT2D eigenvalue weighted by molar-refractivity contribution is 0.626. The quantitative estimate of drug-likeness (QED) is 0.346. The summed E-state index contributed by atoms with van der Waals surface area (Å²) < 4.78 is 0.323. The van der Waals surface area contributed by atoms with Crippen molar-refractivity contribution in [2.75, 3.05) is 12.3 Å². The molecule has 0 atom stereocenters. The Morgan fingerprint density at radius 2 is 1.94 bits per heavy atom. The van der Waals surface area contributed by atoms with Crippen molar-refractivity contribution in [1.29, 1.82) is 0 Å². The van der Waals surface area contributed by atoms with Gasteiger partial charge in [-0.2, -0.15) is 11.8 Å². The molecular formula is C12H26IN3S. The summed E-state index contributed by atoms with van der Waals surface area (Å²) in [5.41, 5.74) is 5.83. The zero-order chi connectivity index (χ0) is 12.0. The van der Waals surface area contributed by atoms with Crippen LogP contribution in [0.25, 0.3) is 0 Å². The lowest BCUT2D eigenvalue weighted by Gasteiger charge is -2.17. The summed E-state index contributed by atoms with van der Waals surface area (Å²) in [7, 11) is 0. The predicted molar refractivity (Wildman–Crippen MR) is 89.5 cm³/mol. The van der Waals surface area contributed by atoms with Gasteiger partial charge in [0.2, 0.25) is 0 Å². The van der Waals surface area contributed by atoms with E-state index in [4.69, 9.17) is 5.73 Å². The minimum Gasteiger partial charge on any atom is -0.370 e. The molecule has 3 nitrogen and oxygen atoms in total. The van der Waals surface area contributed by atoms with Gasteiger partial charge in [-0.05, 0) is 12.8 Å². The molecule has 5 heteroatoms. The third-order valence-electron chi connectivity index (χ3n) is 2.62. The molecule has 102 valence electrons. The Morgan fingerprint density at radius 1 is 1.35 bits per heavy atom. The van der Waals surface area contributed by atoms with E-state index in [0.717, 1.165) is 12.3 Å². The maximum absolute atomic E-state index is 5.83. The summed E-state index contributed by atoms with van der Waals surface area (Å²) in [6.07, 6.45) is 5.13. The number of hydrogen-bond donors (Lipinski definition) is 2. The highest BCUT2D eigenvalue weighted by Gasteiger charge is 2.14. The van der Waals surface area contributed by atoms with E-state index in [1.54, 1.807) is 0 Å². The second kappa shape index (κ2) is 8.45. The summed E-state index contributed by atoms with van der Waals surface area (Å²) in [6, 6.07) is 0.569. The molecule has 1 rings (SSSR count). The Hall–Kier alpha value is 0.350. The Labute approximate surface area is 127 Å². The summed E-state index contributed by atoms with van der Waals surface area (Å²) in [5, 5.41) is 3.29. The lowest BCUT2D eigenvalue weighted by Crippen LogP contribution is -2.38. The standard InChI is InChI=1S/C12H25N3S.HI/c1-12(2,3)16-9-8-14-11(13)15-10-6-4-5-7-10;/h10H,4-9H2,1-3H3,(H3,13,14,15);1H. The van der Waals surface area contributed by atoms with E-state index < -0.39 is 0 Å². The van der Waals surface area contributed by atoms with Gasteiger partial charge in [-0.25, -0.2) is 0 Å². The summed E-state index contributed by atoms with van der Waals surface area (Å²) in [6.45, 7) is 7.48. The molecule has 0 bridgehead atoms. The van der Waals surface area contributed by atoms with Crippen LogP contribution in [0.1, 0.15) is 46.5 Å². The van der Waals surface area contributed by atoms with Crippen LogP contribution >= 0.6 is 35.7 Å². The first-order chi connectivity index (χ1) is 7.47. The number of rotatable bonds is 4. The first-order valence-corrected chi connectivity index (χ1v) is 7.16. The molecule has 1 aliphatic carbocycles. The highest BCUT2D eigenvalue weighted by atomic mass is 127.